The molecule has 45 heavy (non-hydrogen) atoms. The molecule has 2 saturated heterocycles. The first-order valence-corrected chi connectivity index (χ1v) is 15.2. The highest BCUT2D eigenvalue weighted by molar-refractivity contribution is 5.96. The Bertz CT molecular complexity index is 1620. The molecule has 234 valence electrons. The van der Waals surface area contributed by atoms with E-state index in [-0.39, 0.29) is 36.4 Å². The fourth-order valence-corrected chi connectivity index (χ4v) is 6.83. The normalized spacial score (nSPS) is 24.8. The summed E-state index contributed by atoms with van der Waals surface area (Å²) in [6.45, 7) is 2.87. The molecular weight excluding hydrogens is 580 g/mol. The summed E-state index contributed by atoms with van der Waals surface area (Å²) in [5, 5.41) is 8.92. The molecule has 3 amide bonds. The summed E-state index contributed by atoms with van der Waals surface area (Å²) < 4.78 is 33.8. The lowest BCUT2D eigenvalue weighted by molar-refractivity contribution is -0.144. The second-order valence-corrected chi connectivity index (χ2v) is 11.9. The number of nitrogens with one attached hydrogen (secondary N) is 3. The van der Waals surface area contributed by atoms with Crippen LogP contribution < -0.4 is 16.0 Å². The molecule has 0 bridgehead atoms. The van der Waals surface area contributed by atoms with Crippen LogP contribution in [0.2, 0.25) is 0 Å². The van der Waals surface area contributed by atoms with E-state index in [9.17, 15) is 23.2 Å². The molecule has 1 spiro atoms. The number of nitrogens with zero attached hydrogens (tertiary/aromatic N) is 2. The summed E-state index contributed by atoms with van der Waals surface area (Å²) in [5.41, 5.74) is 5.17. The van der Waals surface area contributed by atoms with Gasteiger partial charge in [0, 0.05) is 38.2 Å². The largest absolute Gasteiger partial charge is 0.381 e. The number of anilines is 1. The maximum Gasteiger partial charge on any atom is 0.245 e. The van der Waals surface area contributed by atoms with Gasteiger partial charge in [-0.05, 0) is 91.1 Å². The fraction of sp³-hybridized carbons (Fsp3) is 0.382. The van der Waals surface area contributed by atoms with Gasteiger partial charge in [-0.3, -0.25) is 14.4 Å². The molecule has 4 heterocycles. The van der Waals surface area contributed by atoms with Crippen molar-refractivity contribution in [3.8, 4) is 0 Å². The van der Waals surface area contributed by atoms with E-state index >= 15 is 0 Å². The number of fused-ring (bicyclic) bond motifs is 1. The minimum Gasteiger partial charge on any atom is -0.381 e. The minimum atomic E-state index is -0.757. The van der Waals surface area contributed by atoms with Gasteiger partial charge in [-0.2, -0.15) is 0 Å². The Hall–Kier alpha value is -4.44. The van der Waals surface area contributed by atoms with Crippen molar-refractivity contribution in [2.24, 2.45) is 11.3 Å². The van der Waals surface area contributed by atoms with Crippen molar-refractivity contribution in [3.63, 3.8) is 0 Å². The van der Waals surface area contributed by atoms with E-state index in [4.69, 9.17) is 4.74 Å². The monoisotopic (exact) mass is 615 g/mol. The Labute approximate surface area is 260 Å². The number of hydrogen-bond acceptors (Lipinski definition) is 6. The first-order valence-electron chi connectivity index (χ1n) is 15.2. The summed E-state index contributed by atoms with van der Waals surface area (Å²) in [7, 11) is 0. The maximum atomic E-state index is 14.2. The molecule has 2 aromatic rings. The molecule has 3 N–H and O–H groups in total. The predicted octanol–water partition coefficient (Wildman–Crippen LogP) is 3.65. The van der Waals surface area contributed by atoms with E-state index in [2.05, 4.69) is 26.7 Å². The third kappa shape index (κ3) is 6.24. The van der Waals surface area contributed by atoms with Crippen LogP contribution in [-0.2, 0) is 32.0 Å². The number of benzene rings is 1. The number of aromatic nitrogens is 1. The third-order valence-corrected chi connectivity index (χ3v) is 9.09. The first kappa shape index (κ1) is 30.6. The van der Waals surface area contributed by atoms with Gasteiger partial charge in [0.05, 0.1) is 17.5 Å². The van der Waals surface area contributed by atoms with E-state index in [1.807, 2.05) is 19.1 Å². The molecule has 9 nitrogen and oxygen atoms in total. The van der Waals surface area contributed by atoms with Crippen LogP contribution in [-0.4, -0.2) is 60.0 Å². The zero-order valence-electron chi connectivity index (χ0n) is 24.9. The molecule has 0 radical (unpaired) electrons. The maximum absolute atomic E-state index is 14.2. The summed E-state index contributed by atoms with van der Waals surface area (Å²) in [6.07, 6.45) is 13.0. The lowest BCUT2D eigenvalue weighted by Crippen LogP contribution is -2.60. The lowest BCUT2D eigenvalue weighted by atomic mass is 9.78. The molecule has 3 atom stereocenters. The average molecular weight is 616 g/mol. The topological polar surface area (TPSA) is 113 Å². The van der Waals surface area contributed by atoms with E-state index in [1.54, 1.807) is 30.6 Å². The van der Waals surface area contributed by atoms with Crippen LogP contribution >= 0.6 is 0 Å². The minimum absolute atomic E-state index is 0.0217. The first-order chi connectivity index (χ1) is 21.8. The molecular formula is C34H35F2N5O4. The van der Waals surface area contributed by atoms with Gasteiger partial charge in [0.2, 0.25) is 17.7 Å². The number of pyridine rings is 1. The zero-order chi connectivity index (χ0) is 31.6. The average Bonchev–Trinajstić information content (AvgIpc) is 3.55. The van der Waals surface area contributed by atoms with E-state index in [0.717, 1.165) is 22.8 Å². The van der Waals surface area contributed by atoms with Gasteiger partial charge in [-0.15, -0.1) is 5.73 Å². The Kier molecular flexibility index (Phi) is 8.76. The lowest BCUT2D eigenvalue weighted by Gasteiger charge is -2.43. The Morgan fingerprint density at radius 2 is 1.91 bits per heavy atom. The molecule has 1 aromatic carbocycles. The fourth-order valence-electron chi connectivity index (χ4n) is 6.83. The van der Waals surface area contributed by atoms with Crippen LogP contribution in [0.1, 0.15) is 42.5 Å². The van der Waals surface area contributed by atoms with Crippen LogP contribution in [0.3, 0.4) is 0 Å². The van der Waals surface area contributed by atoms with Gasteiger partial charge in [0.1, 0.15) is 24.0 Å². The zero-order valence-corrected chi connectivity index (χ0v) is 24.9. The highest BCUT2D eigenvalue weighted by Gasteiger charge is 2.49. The number of rotatable bonds is 7. The predicted molar refractivity (Wildman–Crippen MR) is 163 cm³/mol. The Morgan fingerprint density at radius 3 is 2.67 bits per heavy atom. The van der Waals surface area contributed by atoms with Gasteiger partial charge >= 0.3 is 0 Å². The number of amides is 3. The van der Waals surface area contributed by atoms with Crippen molar-refractivity contribution < 1.29 is 27.9 Å². The molecule has 6 rings (SSSR count). The molecule has 1 aliphatic carbocycles. The van der Waals surface area contributed by atoms with E-state index in [1.165, 1.54) is 17.0 Å². The molecule has 0 saturated carbocycles. The van der Waals surface area contributed by atoms with Gasteiger partial charge < -0.3 is 25.6 Å². The Balaban J connectivity index is 1.19. The molecule has 11 heteroatoms. The van der Waals surface area contributed by atoms with Gasteiger partial charge in [-0.1, -0.05) is 12.2 Å². The summed E-state index contributed by atoms with van der Waals surface area (Å²) >= 11 is 0. The second kappa shape index (κ2) is 12.9. The van der Waals surface area contributed by atoms with Crippen molar-refractivity contribution in [2.75, 3.05) is 31.6 Å². The Morgan fingerprint density at radius 1 is 1.16 bits per heavy atom. The van der Waals surface area contributed by atoms with Crippen molar-refractivity contribution in [1.29, 1.82) is 0 Å². The van der Waals surface area contributed by atoms with Crippen LogP contribution in [0, 0.1) is 23.0 Å². The number of halogens is 2. The number of carbonyl (C=O) groups is 3. The highest BCUT2D eigenvalue weighted by atomic mass is 19.1. The van der Waals surface area contributed by atoms with Crippen molar-refractivity contribution in [2.45, 2.75) is 44.7 Å². The molecule has 2 fully saturated rings. The smallest absolute Gasteiger partial charge is 0.245 e. The number of hydrogen-bond donors (Lipinski definition) is 3. The van der Waals surface area contributed by atoms with Crippen LogP contribution in [0.25, 0.3) is 0 Å². The SMILES string of the molecule is CC=C=C/C=C\C1=CNC(=O)C12Cc1cnc(NC(=O)CN3C(=O)C(C4CCOCC4)NCC3c3cc(F)cc(F)c3)cc1C2. The summed E-state index contributed by atoms with van der Waals surface area (Å²) in [5.74, 6) is -2.08. The molecule has 3 unspecified atom stereocenters. The molecule has 1 aromatic heterocycles. The van der Waals surface area contributed by atoms with Crippen LogP contribution in [0.15, 0.2) is 72.3 Å². The number of piperazine rings is 1. The molecule has 4 aliphatic rings. The third-order valence-electron chi connectivity index (χ3n) is 9.09. The highest BCUT2D eigenvalue weighted by Crippen LogP contribution is 2.45. The summed E-state index contributed by atoms with van der Waals surface area (Å²) in [6, 6.07) is 3.63. The second-order valence-electron chi connectivity index (χ2n) is 11.9. The van der Waals surface area contributed by atoms with E-state index in [0.29, 0.717) is 44.7 Å². The standard InChI is InChI=1S/C34H35F2N5O4/c1-2-3-4-5-6-25-18-39-33(44)34(25)15-23-13-29(37-17-24(23)16-34)40-30(42)20-41-28(22-11-26(35)14-27(36)12-22)19-38-31(32(41)43)21-7-9-45-10-8-21/h2,4-6,11-14,17-18,21,28,31,38H,7-10,15-16,19-20H2,1H3,(H,39,44)(H,37,40,42)/b6-5-. The van der Waals surface area contributed by atoms with Crippen molar-refractivity contribution in [1.82, 2.24) is 20.5 Å². The van der Waals surface area contributed by atoms with Crippen LogP contribution in [0.4, 0.5) is 14.6 Å². The quantitative estimate of drug-likeness (QED) is 0.324. The molecule has 3 aliphatic heterocycles. The van der Waals surface area contributed by atoms with Gasteiger partial charge in [0.15, 0.2) is 0 Å². The number of carbonyl (C=O) groups excluding carboxylic acids is 3. The van der Waals surface area contributed by atoms with Crippen LogP contribution in [0.5, 0.6) is 0 Å². The van der Waals surface area contributed by atoms with Gasteiger partial charge in [0.25, 0.3) is 0 Å². The summed E-state index contributed by atoms with van der Waals surface area (Å²) in [4.78, 5) is 46.1. The van der Waals surface area contributed by atoms with Crippen molar-refractivity contribution >= 4 is 23.5 Å². The number of allylic oxidation sites excluding steroid dienone is 3. The number of ether oxygens (including phenoxy) is 1. The van der Waals surface area contributed by atoms with Crippen molar-refractivity contribution in [3.05, 3.63) is 101 Å². The van der Waals surface area contributed by atoms with E-state index < -0.39 is 35.0 Å². The van der Waals surface area contributed by atoms with Gasteiger partial charge in [-0.25, -0.2) is 13.8 Å².